The zero-order valence-electron chi connectivity index (χ0n) is 14.2. The van der Waals surface area contributed by atoms with E-state index in [0.29, 0.717) is 24.9 Å². The van der Waals surface area contributed by atoms with Gasteiger partial charge in [0, 0.05) is 42.6 Å². The summed E-state index contributed by atoms with van der Waals surface area (Å²) in [6.07, 6.45) is 1.52. The first-order valence-corrected chi connectivity index (χ1v) is 9.12. The van der Waals surface area contributed by atoms with E-state index >= 15 is 0 Å². The van der Waals surface area contributed by atoms with Crippen molar-refractivity contribution in [1.29, 1.82) is 0 Å². The second-order valence-corrected chi connectivity index (χ2v) is 7.96. The van der Waals surface area contributed by atoms with Crippen LogP contribution in [-0.2, 0) is 16.1 Å². The SMILES string of the molecule is CC(=O)N1CCC(C(=O)NCc2ccc(SC(C)C)cc2)CC1. The molecule has 1 fully saturated rings. The van der Waals surface area contributed by atoms with E-state index in [1.807, 2.05) is 16.7 Å². The molecule has 1 aromatic rings. The summed E-state index contributed by atoms with van der Waals surface area (Å²) >= 11 is 1.84. The lowest BCUT2D eigenvalue weighted by Gasteiger charge is -2.30. The monoisotopic (exact) mass is 334 g/mol. The van der Waals surface area contributed by atoms with E-state index in [4.69, 9.17) is 0 Å². The second-order valence-electron chi connectivity index (χ2n) is 6.31. The van der Waals surface area contributed by atoms with Crippen molar-refractivity contribution >= 4 is 23.6 Å². The summed E-state index contributed by atoms with van der Waals surface area (Å²) in [4.78, 5) is 26.6. The van der Waals surface area contributed by atoms with Gasteiger partial charge in [-0.05, 0) is 30.5 Å². The molecule has 2 rings (SSSR count). The Hall–Kier alpha value is -1.49. The first-order chi connectivity index (χ1) is 11.0. The highest BCUT2D eigenvalue weighted by atomic mass is 32.2. The minimum Gasteiger partial charge on any atom is -0.352 e. The molecule has 4 nitrogen and oxygen atoms in total. The molecule has 1 heterocycles. The van der Waals surface area contributed by atoms with Gasteiger partial charge in [-0.2, -0.15) is 0 Å². The van der Waals surface area contributed by atoms with Crippen molar-refractivity contribution in [2.75, 3.05) is 13.1 Å². The highest BCUT2D eigenvalue weighted by Crippen LogP contribution is 2.23. The Morgan fingerprint density at radius 3 is 2.35 bits per heavy atom. The summed E-state index contributed by atoms with van der Waals surface area (Å²) in [7, 11) is 0. The van der Waals surface area contributed by atoms with Crippen LogP contribution >= 0.6 is 11.8 Å². The number of hydrogen-bond donors (Lipinski definition) is 1. The average molecular weight is 334 g/mol. The van der Waals surface area contributed by atoms with Gasteiger partial charge in [-0.15, -0.1) is 11.8 Å². The Morgan fingerprint density at radius 2 is 1.83 bits per heavy atom. The highest BCUT2D eigenvalue weighted by molar-refractivity contribution is 7.99. The molecule has 0 saturated carbocycles. The topological polar surface area (TPSA) is 49.4 Å². The van der Waals surface area contributed by atoms with Gasteiger partial charge in [-0.1, -0.05) is 26.0 Å². The number of benzene rings is 1. The van der Waals surface area contributed by atoms with E-state index in [0.717, 1.165) is 18.4 Å². The predicted molar refractivity (Wildman–Crippen MR) is 94.3 cm³/mol. The van der Waals surface area contributed by atoms with Crippen LogP contribution in [0.5, 0.6) is 0 Å². The third-order valence-electron chi connectivity index (χ3n) is 4.07. The molecule has 0 aromatic heterocycles. The number of nitrogens with one attached hydrogen (secondary N) is 1. The lowest BCUT2D eigenvalue weighted by atomic mass is 9.96. The molecular formula is C18H26N2O2S. The van der Waals surface area contributed by atoms with Gasteiger partial charge in [0.25, 0.3) is 0 Å². The molecule has 2 amide bonds. The van der Waals surface area contributed by atoms with Crippen LogP contribution in [0.25, 0.3) is 0 Å². The summed E-state index contributed by atoms with van der Waals surface area (Å²) in [6.45, 7) is 7.88. The van der Waals surface area contributed by atoms with Crippen molar-refractivity contribution in [3.05, 3.63) is 29.8 Å². The molecule has 0 spiro atoms. The first-order valence-electron chi connectivity index (χ1n) is 8.24. The molecule has 126 valence electrons. The number of hydrogen-bond acceptors (Lipinski definition) is 3. The third-order valence-corrected chi connectivity index (χ3v) is 5.09. The van der Waals surface area contributed by atoms with E-state index in [1.54, 1.807) is 6.92 Å². The fourth-order valence-electron chi connectivity index (χ4n) is 2.75. The number of piperidine rings is 1. The standard InChI is InChI=1S/C18H26N2O2S/c1-13(2)23-17-6-4-15(5-7-17)12-19-18(22)16-8-10-20(11-9-16)14(3)21/h4-7,13,16H,8-12H2,1-3H3,(H,19,22). The van der Waals surface area contributed by atoms with Crippen molar-refractivity contribution < 1.29 is 9.59 Å². The van der Waals surface area contributed by atoms with E-state index in [2.05, 4.69) is 43.4 Å². The molecule has 1 aliphatic heterocycles. The maximum Gasteiger partial charge on any atom is 0.223 e. The number of amides is 2. The van der Waals surface area contributed by atoms with Gasteiger partial charge in [0.15, 0.2) is 0 Å². The summed E-state index contributed by atoms with van der Waals surface area (Å²) < 4.78 is 0. The van der Waals surface area contributed by atoms with Crippen molar-refractivity contribution in [1.82, 2.24) is 10.2 Å². The summed E-state index contributed by atoms with van der Waals surface area (Å²) in [5, 5.41) is 3.59. The lowest BCUT2D eigenvalue weighted by molar-refractivity contribution is -0.134. The van der Waals surface area contributed by atoms with E-state index < -0.39 is 0 Å². The molecule has 0 unspecified atom stereocenters. The molecule has 0 atom stereocenters. The fourth-order valence-corrected chi connectivity index (χ4v) is 3.59. The molecule has 1 saturated heterocycles. The largest absolute Gasteiger partial charge is 0.352 e. The van der Waals surface area contributed by atoms with Crippen molar-refractivity contribution in [3.8, 4) is 0 Å². The highest BCUT2D eigenvalue weighted by Gasteiger charge is 2.25. The molecule has 0 aliphatic carbocycles. The van der Waals surface area contributed by atoms with Crippen LogP contribution in [0.3, 0.4) is 0 Å². The van der Waals surface area contributed by atoms with Crippen LogP contribution in [0.1, 0.15) is 39.2 Å². The number of nitrogens with zero attached hydrogens (tertiary/aromatic N) is 1. The minimum absolute atomic E-state index is 0.0290. The zero-order chi connectivity index (χ0) is 16.8. The van der Waals surface area contributed by atoms with Crippen LogP contribution in [-0.4, -0.2) is 35.1 Å². The Balaban J connectivity index is 1.77. The van der Waals surface area contributed by atoms with Gasteiger partial charge in [-0.3, -0.25) is 9.59 Å². The van der Waals surface area contributed by atoms with E-state index in [1.165, 1.54) is 4.90 Å². The van der Waals surface area contributed by atoms with Gasteiger partial charge >= 0.3 is 0 Å². The summed E-state index contributed by atoms with van der Waals surface area (Å²) in [5.41, 5.74) is 1.12. The van der Waals surface area contributed by atoms with Crippen LogP contribution in [0.15, 0.2) is 29.2 Å². The van der Waals surface area contributed by atoms with Crippen molar-refractivity contribution in [2.24, 2.45) is 5.92 Å². The molecule has 1 aromatic carbocycles. The maximum absolute atomic E-state index is 12.2. The Morgan fingerprint density at radius 1 is 1.22 bits per heavy atom. The molecule has 1 aliphatic rings. The first kappa shape index (κ1) is 17.9. The minimum atomic E-state index is 0.0290. The van der Waals surface area contributed by atoms with Gasteiger partial charge in [0.1, 0.15) is 0 Å². The van der Waals surface area contributed by atoms with E-state index in [-0.39, 0.29) is 17.7 Å². The van der Waals surface area contributed by atoms with E-state index in [9.17, 15) is 9.59 Å². The van der Waals surface area contributed by atoms with Gasteiger partial charge in [0.2, 0.25) is 11.8 Å². The average Bonchev–Trinajstić information content (AvgIpc) is 2.53. The fraction of sp³-hybridized carbons (Fsp3) is 0.556. The number of thioether (sulfide) groups is 1. The summed E-state index contributed by atoms with van der Waals surface area (Å²) in [5.74, 6) is 0.235. The van der Waals surface area contributed by atoms with Crippen LogP contribution in [0.2, 0.25) is 0 Å². The number of carbonyl (C=O) groups is 2. The number of carbonyl (C=O) groups excluding carboxylic acids is 2. The molecule has 5 heteroatoms. The van der Waals surface area contributed by atoms with Gasteiger partial charge in [0.05, 0.1) is 0 Å². The zero-order valence-corrected chi connectivity index (χ0v) is 15.0. The van der Waals surface area contributed by atoms with Crippen molar-refractivity contribution in [3.63, 3.8) is 0 Å². The lowest BCUT2D eigenvalue weighted by Crippen LogP contribution is -2.42. The van der Waals surface area contributed by atoms with Crippen LogP contribution in [0.4, 0.5) is 0 Å². The van der Waals surface area contributed by atoms with Gasteiger partial charge < -0.3 is 10.2 Å². The Kier molecular flexibility index (Phi) is 6.51. The van der Waals surface area contributed by atoms with Crippen molar-refractivity contribution in [2.45, 2.75) is 50.3 Å². The molecule has 1 N–H and O–H groups in total. The molecule has 0 bridgehead atoms. The molecule has 0 radical (unpaired) electrons. The smallest absolute Gasteiger partial charge is 0.223 e. The molecular weight excluding hydrogens is 308 g/mol. The van der Waals surface area contributed by atoms with Gasteiger partial charge in [-0.25, -0.2) is 0 Å². The van der Waals surface area contributed by atoms with Crippen LogP contribution in [0, 0.1) is 5.92 Å². The van der Waals surface area contributed by atoms with Crippen LogP contribution < -0.4 is 5.32 Å². The maximum atomic E-state index is 12.2. The third kappa shape index (κ3) is 5.57. The Bertz CT molecular complexity index is 534. The number of likely N-dealkylation sites (tertiary alicyclic amines) is 1. The quantitative estimate of drug-likeness (QED) is 0.842. The number of rotatable bonds is 5. The Labute approximate surface area is 143 Å². The predicted octanol–water partition coefficient (Wildman–Crippen LogP) is 3.06. The summed E-state index contributed by atoms with van der Waals surface area (Å²) in [6, 6.07) is 8.36. The second kappa shape index (κ2) is 8.39. The molecule has 23 heavy (non-hydrogen) atoms. The normalized spacial score (nSPS) is 15.7.